The molecule has 0 spiro atoms. The SMILES string of the molecule is COCCN[C@@H](C(=O)NC(=O)C(Cc1ccc(OC)c(OC)c1OC)C[C@H](O)[C@H](Cc1ccccc1)NC(=O)OC(C)(C)C)C(C)C. The molecule has 0 bridgehead atoms. The zero-order valence-electron chi connectivity index (χ0n) is 29.2. The van der Waals surface area contributed by atoms with Crippen molar-refractivity contribution in [2.75, 3.05) is 41.6 Å². The zero-order valence-corrected chi connectivity index (χ0v) is 29.2. The number of aliphatic hydroxyl groups excluding tert-OH is 1. The van der Waals surface area contributed by atoms with Gasteiger partial charge in [0.1, 0.15) is 5.60 Å². The third kappa shape index (κ3) is 12.7. The molecule has 3 amide bonds. The second kappa shape index (κ2) is 19.1. The highest BCUT2D eigenvalue weighted by atomic mass is 16.6. The molecular formula is C35H53N3O9. The van der Waals surface area contributed by atoms with E-state index in [1.807, 2.05) is 44.2 Å². The maximum absolute atomic E-state index is 13.9. The number of amides is 3. The van der Waals surface area contributed by atoms with Gasteiger partial charge in [-0.25, -0.2) is 4.79 Å². The van der Waals surface area contributed by atoms with E-state index in [1.165, 1.54) is 21.3 Å². The summed E-state index contributed by atoms with van der Waals surface area (Å²) in [5, 5.41) is 20.2. The van der Waals surface area contributed by atoms with Crippen LogP contribution in [0.25, 0.3) is 0 Å². The second-order valence-electron chi connectivity index (χ2n) is 12.7. The highest BCUT2D eigenvalue weighted by Gasteiger charge is 2.33. The Morgan fingerprint density at radius 3 is 2.06 bits per heavy atom. The van der Waals surface area contributed by atoms with Crippen molar-refractivity contribution in [2.24, 2.45) is 11.8 Å². The van der Waals surface area contributed by atoms with Gasteiger partial charge in [-0.2, -0.15) is 0 Å². The fourth-order valence-electron chi connectivity index (χ4n) is 5.19. The van der Waals surface area contributed by atoms with E-state index in [4.69, 9.17) is 23.7 Å². The normalized spacial score (nSPS) is 14.0. The molecule has 2 aromatic carbocycles. The van der Waals surface area contributed by atoms with Gasteiger partial charge in [-0.1, -0.05) is 50.2 Å². The Labute approximate surface area is 278 Å². The van der Waals surface area contributed by atoms with Gasteiger partial charge in [-0.3, -0.25) is 14.9 Å². The first kappa shape index (κ1) is 39.3. The summed E-state index contributed by atoms with van der Waals surface area (Å²) < 4.78 is 27.2. The molecule has 4 N–H and O–H groups in total. The molecule has 1 unspecified atom stereocenters. The largest absolute Gasteiger partial charge is 0.493 e. The number of carbonyl (C=O) groups is 3. The van der Waals surface area contributed by atoms with Gasteiger partial charge in [-0.05, 0) is 63.1 Å². The van der Waals surface area contributed by atoms with E-state index in [0.717, 1.165) is 5.56 Å². The molecule has 2 aromatic rings. The van der Waals surface area contributed by atoms with E-state index in [0.29, 0.717) is 36.0 Å². The number of imide groups is 1. The van der Waals surface area contributed by atoms with Crippen LogP contribution >= 0.6 is 0 Å². The molecular weight excluding hydrogens is 606 g/mol. The van der Waals surface area contributed by atoms with Crippen molar-refractivity contribution in [1.29, 1.82) is 0 Å². The number of alkyl carbamates (subject to hydrolysis) is 1. The summed E-state index contributed by atoms with van der Waals surface area (Å²) in [5.74, 6) is -0.975. The Balaban J connectivity index is 2.47. The second-order valence-corrected chi connectivity index (χ2v) is 12.7. The number of methoxy groups -OCH3 is 4. The predicted octanol–water partition coefficient (Wildman–Crippen LogP) is 3.66. The minimum Gasteiger partial charge on any atom is -0.493 e. The van der Waals surface area contributed by atoms with Crippen molar-refractivity contribution >= 4 is 17.9 Å². The van der Waals surface area contributed by atoms with Gasteiger partial charge in [0.2, 0.25) is 17.6 Å². The summed E-state index contributed by atoms with van der Waals surface area (Å²) in [5.41, 5.74) is 0.708. The first-order valence-electron chi connectivity index (χ1n) is 15.8. The van der Waals surface area contributed by atoms with Crippen LogP contribution in [-0.4, -0.2) is 88.4 Å². The number of hydrogen-bond donors (Lipinski definition) is 4. The Kier molecular flexibility index (Phi) is 16.0. The van der Waals surface area contributed by atoms with E-state index in [2.05, 4.69) is 16.0 Å². The number of ether oxygens (including phenoxy) is 5. The van der Waals surface area contributed by atoms with E-state index in [1.54, 1.807) is 40.0 Å². The van der Waals surface area contributed by atoms with Gasteiger partial charge >= 0.3 is 6.09 Å². The summed E-state index contributed by atoms with van der Waals surface area (Å²) in [4.78, 5) is 40.1. The number of nitrogens with one attached hydrogen (secondary N) is 3. The van der Waals surface area contributed by atoms with Gasteiger partial charge in [-0.15, -0.1) is 0 Å². The predicted molar refractivity (Wildman–Crippen MR) is 179 cm³/mol. The van der Waals surface area contributed by atoms with Crippen LogP contribution in [0.3, 0.4) is 0 Å². The molecule has 47 heavy (non-hydrogen) atoms. The molecule has 12 nitrogen and oxygen atoms in total. The lowest BCUT2D eigenvalue weighted by atomic mass is 9.88. The molecule has 2 rings (SSSR count). The molecule has 0 aliphatic heterocycles. The van der Waals surface area contributed by atoms with Crippen LogP contribution in [0.5, 0.6) is 17.2 Å². The van der Waals surface area contributed by atoms with Crippen LogP contribution in [-0.2, 0) is 31.9 Å². The monoisotopic (exact) mass is 659 g/mol. The van der Waals surface area contributed by atoms with Crippen LogP contribution in [0.2, 0.25) is 0 Å². The molecule has 0 aliphatic carbocycles. The van der Waals surface area contributed by atoms with Crippen molar-refractivity contribution < 1.29 is 43.2 Å². The lowest BCUT2D eigenvalue weighted by Crippen LogP contribution is -2.52. The van der Waals surface area contributed by atoms with Crippen molar-refractivity contribution in [3.63, 3.8) is 0 Å². The number of carbonyl (C=O) groups excluding carboxylic acids is 3. The molecule has 4 atom stereocenters. The van der Waals surface area contributed by atoms with Crippen LogP contribution in [0.4, 0.5) is 4.79 Å². The maximum Gasteiger partial charge on any atom is 0.407 e. The number of hydrogen-bond acceptors (Lipinski definition) is 10. The number of aliphatic hydroxyl groups is 1. The first-order valence-corrected chi connectivity index (χ1v) is 15.8. The van der Waals surface area contributed by atoms with E-state index < -0.39 is 47.6 Å². The van der Waals surface area contributed by atoms with Crippen molar-refractivity contribution in [3.05, 3.63) is 53.6 Å². The first-order chi connectivity index (χ1) is 22.2. The van der Waals surface area contributed by atoms with Gasteiger partial charge in [0.25, 0.3) is 0 Å². The molecule has 0 saturated heterocycles. The number of rotatable bonds is 18. The van der Waals surface area contributed by atoms with E-state index in [9.17, 15) is 19.5 Å². The fraction of sp³-hybridized carbons (Fsp3) is 0.571. The van der Waals surface area contributed by atoms with Crippen LogP contribution in [0, 0.1) is 11.8 Å². The zero-order chi connectivity index (χ0) is 35.1. The molecule has 0 radical (unpaired) electrons. The van der Waals surface area contributed by atoms with Gasteiger partial charge in [0, 0.05) is 19.6 Å². The Bertz CT molecular complexity index is 1280. The average molecular weight is 660 g/mol. The molecule has 0 heterocycles. The van der Waals surface area contributed by atoms with E-state index >= 15 is 0 Å². The summed E-state index contributed by atoms with van der Waals surface area (Å²) in [7, 11) is 6.03. The minimum absolute atomic E-state index is 0.0770. The topological polar surface area (TPSA) is 154 Å². The Morgan fingerprint density at radius 2 is 1.51 bits per heavy atom. The number of benzene rings is 2. The average Bonchev–Trinajstić information content (AvgIpc) is 3.01. The van der Waals surface area contributed by atoms with Gasteiger partial charge in [0.15, 0.2) is 11.5 Å². The molecule has 0 aliphatic rings. The standard InChI is InChI=1S/C35H53N3O9/c1-22(2)29(36-17-18-43-6)33(41)38-32(40)25(20-24-15-16-28(44-7)31(46-9)30(24)45-8)21-27(39)26(19-23-13-11-10-12-14-23)37-34(42)47-35(3,4)5/h10-16,22,25-27,29,36,39H,17-21H2,1-9H3,(H,37,42)(H,38,40,41)/t25?,26-,27-,29+/m0/s1. The fourth-order valence-corrected chi connectivity index (χ4v) is 5.19. The molecule has 262 valence electrons. The quantitative estimate of drug-likeness (QED) is 0.174. The van der Waals surface area contributed by atoms with Crippen molar-refractivity contribution in [1.82, 2.24) is 16.0 Å². The maximum atomic E-state index is 13.9. The lowest BCUT2D eigenvalue weighted by molar-refractivity contribution is -0.135. The molecule has 0 fully saturated rings. The van der Waals surface area contributed by atoms with Crippen molar-refractivity contribution in [2.45, 2.75) is 77.7 Å². The third-order valence-electron chi connectivity index (χ3n) is 7.48. The molecule has 0 aromatic heterocycles. The summed E-state index contributed by atoms with van der Waals surface area (Å²) in [6.07, 6.45) is -1.66. The van der Waals surface area contributed by atoms with Gasteiger partial charge in [0.05, 0.1) is 46.1 Å². The minimum atomic E-state index is -1.21. The van der Waals surface area contributed by atoms with Gasteiger partial charge < -0.3 is 39.4 Å². The lowest BCUT2D eigenvalue weighted by Gasteiger charge is -2.29. The van der Waals surface area contributed by atoms with Crippen LogP contribution < -0.4 is 30.2 Å². The third-order valence-corrected chi connectivity index (χ3v) is 7.48. The highest BCUT2D eigenvalue weighted by Crippen LogP contribution is 2.41. The summed E-state index contributed by atoms with van der Waals surface area (Å²) >= 11 is 0. The Morgan fingerprint density at radius 1 is 0.851 bits per heavy atom. The summed E-state index contributed by atoms with van der Waals surface area (Å²) in [6.45, 7) is 9.81. The molecule has 0 saturated carbocycles. The highest BCUT2D eigenvalue weighted by molar-refractivity contribution is 5.99. The summed E-state index contributed by atoms with van der Waals surface area (Å²) in [6, 6.07) is 11.3. The van der Waals surface area contributed by atoms with Crippen LogP contribution in [0.15, 0.2) is 42.5 Å². The van der Waals surface area contributed by atoms with Crippen molar-refractivity contribution in [3.8, 4) is 17.2 Å². The van der Waals surface area contributed by atoms with E-state index in [-0.39, 0.29) is 25.2 Å². The van der Waals surface area contributed by atoms with Crippen LogP contribution in [0.1, 0.15) is 52.2 Å². The Hall–Kier alpha value is -3.87. The molecule has 12 heteroatoms. The smallest absolute Gasteiger partial charge is 0.407 e.